The molecule has 0 spiro atoms. The Morgan fingerprint density at radius 2 is 2.16 bits per heavy atom. The SMILES string of the molecule is CN=C(NCCc1nnc2ccccn12)N(C)Cc1ccc(Cl)s1.I. The molecule has 3 aromatic rings. The van der Waals surface area contributed by atoms with Crippen LogP contribution < -0.4 is 5.32 Å². The molecule has 3 heterocycles. The van der Waals surface area contributed by atoms with Crippen LogP contribution in [0.2, 0.25) is 4.34 Å². The van der Waals surface area contributed by atoms with Gasteiger partial charge in [0, 0.05) is 38.1 Å². The molecule has 6 nitrogen and oxygen atoms in total. The summed E-state index contributed by atoms with van der Waals surface area (Å²) < 4.78 is 2.81. The Labute approximate surface area is 172 Å². The van der Waals surface area contributed by atoms with Crippen molar-refractivity contribution in [3.05, 3.63) is 51.6 Å². The van der Waals surface area contributed by atoms with E-state index in [1.165, 1.54) is 4.88 Å². The fourth-order valence-electron chi connectivity index (χ4n) is 2.48. The topological polar surface area (TPSA) is 57.8 Å². The third-order valence-corrected chi connectivity index (χ3v) is 4.83. The summed E-state index contributed by atoms with van der Waals surface area (Å²) in [7, 11) is 3.79. The van der Waals surface area contributed by atoms with E-state index in [0.717, 1.165) is 41.3 Å². The summed E-state index contributed by atoms with van der Waals surface area (Å²) >= 11 is 7.57. The first-order valence-electron chi connectivity index (χ1n) is 7.62. The van der Waals surface area contributed by atoms with Crippen molar-refractivity contribution in [2.75, 3.05) is 20.6 Å². The van der Waals surface area contributed by atoms with Gasteiger partial charge in [0.1, 0.15) is 5.82 Å². The minimum absolute atomic E-state index is 0. The van der Waals surface area contributed by atoms with Crippen LogP contribution in [0.1, 0.15) is 10.7 Å². The molecule has 0 bridgehead atoms. The number of nitrogens with one attached hydrogen (secondary N) is 1. The summed E-state index contributed by atoms with van der Waals surface area (Å²) in [5.41, 5.74) is 0.864. The number of guanidine groups is 1. The smallest absolute Gasteiger partial charge is 0.193 e. The Hall–Kier alpha value is -1.39. The Kier molecular flexibility index (Phi) is 7.45. The standard InChI is InChI=1S/C16H19ClN6S.HI/c1-18-16(22(2)11-12-6-7-13(17)24-12)19-9-8-15-21-20-14-5-3-4-10-23(14)15;/h3-7,10H,8-9,11H2,1-2H3,(H,18,19);1H. The summed E-state index contributed by atoms with van der Waals surface area (Å²) in [6.07, 6.45) is 2.75. The zero-order valence-electron chi connectivity index (χ0n) is 14.0. The van der Waals surface area contributed by atoms with Gasteiger partial charge in [0.25, 0.3) is 0 Å². The fourth-order valence-corrected chi connectivity index (χ4v) is 3.62. The second-order valence-electron chi connectivity index (χ2n) is 5.33. The van der Waals surface area contributed by atoms with Crippen LogP contribution in [0.4, 0.5) is 0 Å². The van der Waals surface area contributed by atoms with Crippen LogP contribution in [0.25, 0.3) is 5.65 Å². The highest BCUT2D eigenvalue weighted by Gasteiger charge is 2.09. The van der Waals surface area contributed by atoms with Gasteiger partial charge in [-0.25, -0.2) is 0 Å². The van der Waals surface area contributed by atoms with E-state index < -0.39 is 0 Å². The average Bonchev–Trinajstić information content (AvgIpc) is 3.18. The number of aromatic nitrogens is 3. The number of rotatable bonds is 5. The maximum absolute atomic E-state index is 5.98. The van der Waals surface area contributed by atoms with Gasteiger partial charge in [-0.3, -0.25) is 9.39 Å². The van der Waals surface area contributed by atoms with Crippen molar-refractivity contribution in [2.24, 2.45) is 4.99 Å². The van der Waals surface area contributed by atoms with Crippen LogP contribution in [0, 0.1) is 0 Å². The molecule has 0 aliphatic heterocycles. The molecule has 3 rings (SSSR count). The number of aliphatic imine (C=N–C) groups is 1. The third kappa shape index (κ3) is 5.05. The molecule has 0 unspecified atom stereocenters. The fraction of sp³-hybridized carbons (Fsp3) is 0.312. The molecule has 0 aliphatic carbocycles. The van der Waals surface area contributed by atoms with Crippen molar-refractivity contribution in [1.29, 1.82) is 0 Å². The van der Waals surface area contributed by atoms with Crippen molar-refractivity contribution >= 4 is 58.5 Å². The predicted molar refractivity (Wildman–Crippen MR) is 114 cm³/mol. The molecule has 0 fully saturated rings. The Morgan fingerprint density at radius 1 is 1.32 bits per heavy atom. The molecule has 0 amide bonds. The Bertz CT molecular complexity index is 846. The number of hydrogen-bond donors (Lipinski definition) is 1. The molecule has 25 heavy (non-hydrogen) atoms. The van der Waals surface area contributed by atoms with E-state index in [2.05, 4.69) is 25.4 Å². The lowest BCUT2D eigenvalue weighted by Gasteiger charge is -2.21. The summed E-state index contributed by atoms with van der Waals surface area (Å²) in [5.74, 6) is 1.77. The molecule has 3 aromatic heterocycles. The minimum atomic E-state index is 0. The van der Waals surface area contributed by atoms with Gasteiger partial charge in [0.05, 0.1) is 10.9 Å². The summed E-state index contributed by atoms with van der Waals surface area (Å²) in [5, 5.41) is 11.8. The number of pyridine rings is 1. The number of thiophene rings is 1. The van der Waals surface area contributed by atoms with E-state index >= 15 is 0 Å². The van der Waals surface area contributed by atoms with Gasteiger partial charge >= 0.3 is 0 Å². The van der Waals surface area contributed by atoms with Crippen LogP contribution in [0.3, 0.4) is 0 Å². The lowest BCUT2D eigenvalue weighted by atomic mass is 10.4. The quantitative estimate of drug-likeness (QED) is 0.339. The molecule has 0 aromatic carbocycles. The minimum Gasteiger partial charge on any atom is -0.356 e. The summed E-state index contributed by atoms with van der Waals surface area (Å²) in [6, 6.07) is 9.84. The van der Waals surface area contributed by atoms with Crippen molar-refractivity contribution in [3.8, 4) is 0 Å². The van der Waals surface area contributed by atoms with Crippen molar-refractivity contribution in [3.63, 3.8) is 0 Å². The van der Waals surface area contributed by atoms with Crippen molar-refractivity contribution in [2.45, 2.75) is 13.0 Å². The highest BCUT2D eigenvalue weighted by atomic mass is 127. The van der Waals surface area contributed by atoms with Crippen molar-refractivity contribution < 1.29 is 0 Å². The van der Waals surface area contributed by atoms with Gasteiger partial charge in [-0.05, 0) is 24.3 Å². The monoisotopic (exact) mass is 490 g/mol. The van der Waals surface area contributed by atoms with Gasteiger partial charge in [0.2, 0.25) is 0 Å². The second-order valence-corrected chi connectivity index (χ2v) is 7.13. The van der Waals surface area contributed by atoms with Gasteiger partial charge in [-0.15, -0.1) is 45.5 Å². The lowest BCUT2D eigenvalue weighted by molar-refractivity contribution is 0.481. The molecule has 0 aliphatic rings. The molecule has 1 N–H and O–H groups in total. The normalized spacial score (nSPS) is 11.4. The first-order chi connectivity index (χ1) is 11.7. The van der Waals surface area contributed by atoms with E-state index in [1.807, 2.05) is 48.0 Å². The molecule has 0 saturated heterocycles. The lowest BCUT2D eigenvalue weighted by Crippen LogP contribution is -2.39. The van der Waals surface area contributed by atoms with Crippen molar-refractivity contribution in [1.82, 2.24) is 24.8 Å². The predicted octanol–water partition coefficient (Wildman–Crippen LogP) is 3.31. The van der Waals surface area contributed by atoms with Crippen LogP contribution in [-0.4, -0.2) is 46.1 Å². The first-order valence-corrected chi connectivity index (χ1v) is 8.81. The number of halogens is 2. The van der Waals surface area contributed by atoms with E-state index in [9.17, 15) is 0 Å². The van der Waals surface area contributed by atoms with Crippen LogP contribution >= 0.6 is 46.9 Å². The van der Waals surface area contributed by atoms with E-state index in [4.69, 9.17) is 11.6 Å². The molecular weight excluding hydrogens is 471 g/mol. The van der Waals surface area contributed by atoms with Gasteiger partial charge in [-0.1, -0.05) is 17.7 Å². The molecule has 134 valence electrons. The van der Waals surface area contributed by atoms with E-state index in [1.54, 1.807) is 18.4 Å². The maximum atomic E-state index is 5.98. The van der Waals surface area contributed by atoms with Crippen LogP contribution in [-0.2, 0) is 13.0 Å². The summed E-state index contributed by atoms with van der Waals surface area (Å²) in [4.78, 5) is 7.61. The average molecular weight is 491 g/mol. The highest BCUT2D eigenvalue weighted by Crippen LogP contribution is 2.22. The number of fused-ring (bicyclic) bond motifs is 1. The first kappa shape index (κ1) is 19.9. The van der Waals surface area contributed by atoms with Gasteiger partial charge in [0.15, 0.2) is 11.6 Å². The number of hydrogen-bond acceptors (Lipinski definition) is 4. The maximum Gasteiger partial charge on any atom is 0.193 e. The molecule has 9 heteroatoms. The highest BCUT2D eigenvalue weighted by molar-refractivity contribution is 14.0. The molecular formula is C16H20ClIN6S. The van der Waals surface area contributed by atoms with E-state index in [-0.39, 0.29) is 24.0 Å². The second kappa shape index (κ2) is 9.35. The zero-order chi connectivity index (χ0) is 16.9. The van der Waals surface area contributed by atoms with Crippen LogP contribution in [0.15, 0.2) is 41.5 Å². The van der Waals surface area contributed by atoms with Crippen LogP contribution in [0.5, 0.6) is 0 Å². The van der Waals surface area contributed by atoms with Gasteiger partial charge in [-0.2, -0.15) is 0 Å². The summed E-state index contributed by atoms with van der Waals surface area (Å²) in [6.45, 7) is 1.50. The number of nitrogens with zero attached hydrogens (tertiary/aromatic N) is 5. The molecule has 0 radical (unpaired) electrons. The molecule has 0 saturated carbocycles. The Morgan fingerprint density at radius 3 is 2.88 bits per heavy atom. The van der Waals surface area contributed by atoms with Gasteiger partial charge < -0.3 is 10.2 Å². The molecule has 0 atom stereocenters. The van der Waals surface area contributed by atoms with E-state index in [0.29, 0.717) is 0 Å². The largest absolute Gasteiger partial charge is 0.356 e. The Balaban J connectivity index is 0.00000225. The third-order valence-electron chi connectivity index (χ3n) is 3.61. The zero-order valence-corrected chi connectivity index (χ0v) is 17.9.